The molecule has 1 aliphatic rings. The van der Waals surface area contributed by atoms with Gasteiger partial charge in [-0.25, -0.2) is 13.2 Å². The van der Waals surface area contributed by atoms with Gasteiger partial charge in [0.2, 0.25) is 0 Å². The Morgan fingerprint density at radius 3 is 2.80 bits per heavy atom. The van der Waals surface area contributed by atoms with Crippen molar-refractivity contribution in [3.63, 3.8) is 0 Å². The van der Waals surface area contributed by atoms with Crippen LogP contribution in [0.2, 0.25) is 0 Å². The minimum atomic E-state index is -3.09. The summed E-state index contributed by atoms with van der Waals surface area (Å²) in [4.78, 5) is 23.7. The SMILES string of the molecule is CC1(NC(=O)COC(=O)c2cccs2)CCS(=O)(=O)C1. The van der Waals surface area contributed by atoms with Crippen molar-refractivity contribution in [1.29, 1.82) is 0 Å². The normalized spacial score (nSPS) is 24.2. The summed E-state index contributed by atoms with van der Waals surface area (Å²) in [5.74, 6) is -1.06. The monoisotopic (exact) mass is 317 g/mol. The smallest absolute Gasteiger partial charge is 0.348 e. The van der Waals surface area contributed by atoms with Crippen LogP contribution in [0.1, 0.15) is 23.0 Å². The Morgan fingerprint density at radius 1 is 1.50 bits per heavy atom. The van der Waals surface area contributed by atoms with E-state index in [9.17, 15) is 18.0 Å². The van der Waals surface area contributed by atoms with Gasteiger partial charge in [0.25, 0.3) is 5.91 Å². The first-order chi connectivity index (χ1) is 9.30. The van der Waals surface area contributed by atoms with Crippen molar-refractivity contribution >= 4 is 33.1 Å². The third-order valence-electron chi connectivity index (χ3n) is 3.00. The molecule has 0 spiro atoms. The number of ether oxygens (including phenoxy) is 1. The van der Waals surface area contributed by atoms with Gasteiger partial charge in [-0.2, -0.15) is 0 Å². The van der Waals surface area contributed by atoms with E-state index in [4.69, 9.17) is 4.74 Å². The summed E-state index contributed by atoms with van der Waals surface area (Å²) in [6, 6.07) is 3.32. The van der Waals surface area contributed by atoms with E-state index in [-0.39, 0.29) is 11.5 Å². The van der Waals surface area contributed by atoms with Crippen molar-refractivity contribution in [2.45, 2.75) is 18.9 Å². The van der Waals surface area contributed by atoms with Gasteiger partial charge >= 0.3 is 5.97 Å². The molecule has 0 saturated carbocycles. The molecule has 2 rings (SSSR count). The molecular weight excluding hydrogens is 302 g/mol. The van der Waals surface area contributed by atoms with Gasteiger partial charge in [-0.15, -0.1) is 11.3 Å². The first kappa shape index (κ1) is 15.0. The summed E-state index contributed by atoms with van der Waals surface area (Å²) in [5, 5.41) is 4.36. The fourth-order valence-corrected chi connectivity index (χ4v) is 4.79. The molecule has 1 amide bonds. The number of carbonyl (C=O) groups is 2. The molecule has 0 aliphatic carbocycles. The Morgan fingerprint density at radius 2 is 2.25 bits per heavy atom. The second-order valence-electron chi connectivity index (χ2n) is 5.00. The average molecular weight is 317 g/mol. The summed E-state index contributed by atoms with van der Waals surface area (Å²) in [7, 11) is -3.09. The number of sulfone groups is 1. The summed E-state index contributed by atoms with van der Waals surface area (Å²) >= 11 is 1.23. The quantitative estimate of drug-likeness (QED) is 0.821. The average Bonchev–Trinajstić information content (AvgIpc) is 2.94. The zero-order valence-corrected chi connectivity index (χ0v) is 12.6. The van der Waals surface area contributed by atoms with E-state index in [0.29, 0.717) is 11.3 Å². The molecule has 1 saturated heterocycles. The first-order valence-electron chi connectivity index (χ1n) is 6.02. The van der Waals surface area contributed by atoms with Crippen molar-refractivity contribution < 1.29 is 22.7 Å². The maximum Gasteiger partial charge on any atom is 0.348 e. The van der Waals surface area contributed by atoms with Crippen molar-refractivity contribution in [1.82, 2.24) is 5.32 Å². The van der Waals surface area contributed by atoms with Gasteiger partial charge in [-0.1, -0.05) is 6.07 Å². The molecule has 0 bridgehead atoms. The predicted octanol–water partition coefficient (Wildman–Crippen LogP) is 0.598. The number of amides is 1. The van der Waals surface area contributed by atoms with E-state index in [0.717, 1.165) is 0 Å². The van der Waals surface area contributed by atoms with Crippen LogP contribution in [0.15, 0.2) is 17.5 Å². The molecule has 0 radical (unpaired) electrons. The second kappa shape index (κ2) is 5.53. The highest BCUT2D eigenvalue weighted by Crippen LogP contribution is 2.22. The highest BCUT2D eigenvalue weighted by Gasteiger charge is 2.39. The Kier molecular flexibility index (Phi) is 4.14. The lowest BCUT2D eigenvalue weighted by molar-refractivity contribution is -0.125. The number of hydrogen-bond donors (Lipinski definition) is 1. The van der Waals surface area contributed by atoms with Crippen molar-refractivity contribution in [3.05, 3.63) is 22.4 Å². The molecule has 1 unspecified atom stereocenters. The highest BCUT2D eigenvalue weighted by molar-refractivity contribution is 7.91. The number of esters is 1. The summed E-state index contributed by atoms with van der Waals surface area (Å²) in [6.45, 7) is 1.27. The number of thiophene rings is 1. The largest absolute Gasteiger partial charge is 0.451 e. The zero-order valence-electron chi connectivity index (χ0n) is 10.9. The second-order valence-corrected chi connectivity index (χ2v) is 8.14. The van der Waals surface area contributed by atoms with Gasteiger partial charge in [-0.3, -0.25) is 4.79 Å². The van der Waals surface area contributed by atoms with Crippen LogP contribution in [0.5, 0.6) is 0 Å². The molecule has 1 aromatic rings. The molecule has 1 fully saturated rings. The van der Waals surface area contributed by atoms with Crippen LogP contribution in [-0.4, -0.2) is 43.9 Å². The van der Waals surface area contributed by atoms with Crippen LogP contribution in [0, 0.1) is 0 Å². The minimum Gasteiger partial charge on any atom is -0.451 e. The van der Waals surface area contributed by atoms with Crippen LogP contribution in [-0.2, 0) is 19.4 Å². The maximum atomic E-state index is 11.7. The number of hydrogen-bond acceptors (Lipinski definition) is 6. The lowest BCUT2D eigenvalue weighted by Crippen LogP contribution is -2.48. The molecule has 8 heteroatoms. The minimum absolute atomic E-state index is 0.0682. The zero-order chi connectivity index (χ0) is 14.8. The first-order valence-corrected chi connectivity index (χ1v) is 8.72. The molecule has 110 valence electrons. The standard InChI is InChI=1S/C12H15NO5S2/c1-12(4-6-20(16,17)8-12)13-10(14)7-18-11(15)9-3-2-5-19-9/h2-3,5H,4,6-8H2,1H3,(H,13,14). The van der Waals surface area contributed by atoms with E-state index in [1.165, 1.54) is 11.3 Å². The lowest BCUT2D eigenvalue weighted by atomic mass is 10.0. The molecule has 1 N–H and O–H groups in total. The fourth-order valence-electron chi connectivity index (χ4n) is 2.08. The molecule has 0 aromatic carbocycles. The molecule has 1 aliphatic heterocycles. The van der Waals surface area contributed by atoms with Gasteiger partial charge in [0.1, 0.15) is 4.88 Å². The molecule has 20 heavy (non-hydrogen) atoms. The third-order valence-corrected chi connectivity index (χ3v) is 5.75. The van der Waals surface area contributed by atoms with E-state index in [2.05, 4.69) is 5.32 Å². The number of nitrogens with one attached hydrogen (secondary N) is 1. The maximum absolute atomic E-state index is 11.7. The third kappa shape index (κ3) is 3.80. The Bertz CT molecular complexity index is 608. The highest BCUT2D eigenvalue weighted by atomic mass is 32.2. The predicted molar refractivity (Wildman–Crippen MR) is 74.4 cm³/mol. The summed E-state index contributed by atoms with van der Waals surface area (Å²) < 4.78 is 27.7. The fraction of sp³-hybridized carbons (Fsp3) is 0.500. The topological polar surface area (TPSA) is 89.5 Å². The van der Waals surface area contributed by atoms with Crippen LogP contribution in [0.4, 0.5) is 0 Å². The Hall–Kier alpha value is -1.41. The van der Waals surface area contributed by atoms with E-state index >= 15 is 0 Å². The van der Waals surface area contributed by atoms with E-state index in [1.54, 1.807) is 24.4 Å². The van der Waals surface area contributed by atoms with Crippen LogP contribution in [0.3, 0.4) is 0 Å². The van der Waals surface area contributed by atoms with Gasteiger partial charge in [0.15, 0.2) is 16.4 Å². The van der Waals surface area contributed by atoms with Gasteiger partial charge in [-0.05, 0) is 24.8 Å². The lowest BCUT2D eigenvalue weighted by Gasteiger charge is -2.23. The summed E-state index contributed by atoms with van der Waals surface area (Å²) in [5.41, 5.74) is -0.773. The van der Waals surface area contributed by atoms with Crippen molar-refractivity contribution in [2.75, 3.05) is 18.1 Å². The summed E-state index contributed by atoms with van der Waals surface area (Å²) in [6.07, 6.45) is 0.375. The number of rotatable bonds is 4. The van der Waals surface area contributed by atoms with E-state index in [1.807, 2.05) is 0 Å². The van der Waals surface area contributed by atoms with Gasteiger partial charge in [0.05, 0.1) is 17.0 Å². The van der Waals surface area contributed by atoms with Gasteiger partial charge in [0, 0.05) is 0 Å². The van der Waals surface area contributed by atoms with Crippen molar-refractivity contribution in [3.8, 4) is 0 Å². The van der Waals surface area contributed by atoms with Crippen LogP contribution >= 0.6 is 11.3 Å². The van der Waals surface area contributed by atoms with E-state index < -0.39 is 33.9 Å². The molecular formula is C12H15NO5S2. The van der Waals surface area contributed by atoms with Crippen LogP contribution < -0.4 is 5.32 Å². The molecule has 1 atom stereocenters. The van der Waals surface area contributed by atoms with Crippen molar-refractivity contribution in [2.24, 2.45) is 0 Å². The Labute approximate surface area is 121 Å². The molecule has 1 aromatic heterocycles. The molecule has 6 nitrogen and oxygen atoms in total. The number of carbonyl (C=O) groups excluding carboxylic acids is 2. The molecule has 2 heterocycles. The Balaban J connectivity index is 1.83. The van der Waals surface area contributed by atoms with Crippen LogP contribution in [0.25, 0.3) is 0 Å². The van der Waals surface area contributed by atoms with Gasteiger partial charge < -0.3 is 10.1 Å².